The van der Waals surface area contributed by atoms with Crippen LogP contribution < -0.4 is 4.90 Å². The molecule has 134 valence electrons. The number of hydrogen-bond donors (Lipinski definition) is 1. The number of β-amino-alcohol motifs (C(OH)–C–C–N with tert-alkyl or cyclic N) is 1. The molecular weight excluding hydrogens is 342 g/mol. The predicted octanol–water partition coefficient (Wildman–Crippen LogP) is 3.24. The number of benzene rings is 2. The number of halogens is 2. The number of thioether (sulfide) groups is 1. The Balaban J connectivity index is 1.40. The van der Waals surface area contributed by atoms with Gasteiger partial charge in [-0.3, -0.25) is 4.90 Å². The molecule has 1 aliphatic heterocycles. The first-order valence-electron chi connectivity index (χ1n) is 8.39. The molecule has 0 aromatic heterocycles. The summed E-state index contributed by atoms with van der Waals surface area (Å²) in [4.78, 5) is 5.44. The minimum absolute atomic E-state index is 0.218. The summed E-state index contributed by atoms with van der Waals surface area (Å²) in [6, 6.07) is 12.9. The van der Waals surface area contributed by atoms with E-state index in [0.29, 0.717) is 12.3 Å². The lowest BCUT2D eigenvalue weighted by Gasteiger charge is -2.36. The minimum Gasteiger partial charge on any atom is -0.391 e. The van der Waals surface area contributed by atoms with Gasteiger partial charge in [0.15, 0.2) is 0 Å². The SMILES string of the molecule is OC(CSc1ccc(F)cc1)CN1CCN(c2ccc(F)cc2)CC1. The van der Waals surface area contributed by atoms with Gasteiger partial charge in [0, 0.05) is 49.1 Å². The fraction of sp³-hybridized carbons (Fsp3) is 0.368. The molecule has 2 aromatic carbocycles. The van der Waals surface area contributed by atoms with E-state index in [4.69, 9.17) is 0 Å². The van der Waals surface area contributed by atoms with Crippen molar-refractivity contribution < 1.29 is 13.9 Å². The number of piperazine rings is 1. The molecule has 3 rings (SSSR count). The molecule has 0 bridgehead atoms. The van der Waals surface area contributed by atoms with E-state index in [-0.39, 0.29) is 11.6 Å². The summed E-state index contributed by atoms with van der Waals surface area (Å²) in [6.45, 7) is 4.10. The van der Waals surface area contributed by atoms with Crippen molar-refractivity contribution in [2.24, 2.45) is 0 Å². The van der Waals surface area contributed by atoms with E-state index in [0.717, 1.165) is 36.8 Å². The smallest absolute Gasteiger partial charge is 0.123 e. The first-order valence-corrected chi connectivity index (χ1v) is 9.38. The first kappa shape index (κ1) is 18.2. The fourth-order valence-electron chi connectivity index (χ4n) is 2.91. The Kier molecular flexibility index (Phi) is 6.29. The standard InChI is InChI=1S/C19H22F2N2OS/c20-15-1-5-17(6-2-15)23-11-9-22(10-12-23)13-18(24)14-25-19-7-3-16(21)4-8-19/h1-8,18,24H,9-14H2. The second-order valence-electron chi connectivity index (χ2n) is 6.18. The maximum absolute atomic E-state index is 13.0. The van der Waals surface area contributed by atoms with Crippen molar-refractivity contribution in [1.82, 2.24) is 4.90 Å². The summed E-state index contributed by atoms with van der Waals surface area (Å²) < 4.78 is 25.9. The van der Waals surface area contributed by atoms with Crippen LogP contribution in [0.5, 0.6) is 0 Å². The Bertz CT molecular complexity index is 658. The van der Waals surface area contributed by atoms with E-state index >= 15 is 0 Å². The van der Waals surface area contributed by atoms with Crippen LogP contribution in [0, 0.1) is 11.6 Å². The van der Waals surface area contributed by atoms with Gasteiger partial charge in [0.05, 0.1) is 6.10 Å². The van der Waals surface area contributed by atoms with E-state index in [1.807, 2.05) is 0 Å². The molecule has 0 saturated carbocycles. The molecule has 1 saturated heterocycles. The van der Waals surface area contributed by atoms with Crippen LogP contribution >= 0.6 is 11.8 Å². The van der Waals surface area contributed by atoms with Crippen LogP contribution in [0.4, 0.5) is 14.5 Å². The molecule has 1 aliphatic rings. The molecule has 2 aromatic rings. The van der Waals surface area contributed by atoms with E-state index < -0.39 is 6.10 Å². The molecule has 6 heteroatoms. The largest absolute Gasteiger partial charge is 0.391 e. The molecule has 1 unspecified atom stereocenters. The minimum atomic E-state index is -0.424. The third-order valence-electron chi connectivity index (χ3n) is 4.29. The van der Waals surface area contributed by atoms with Gasteiger partial charge in [0.25, 0.3) is 0 Å². The van der Waals surface area contributed by atoms with Crippen molar-refractivity contribution in [3.63, 3.8) is 0 Å². The Hall–Kier alpha value is -1.63. The topological polar surface area (TPSA) is 26.7 Å². The van der Waals surface area contributed by atoms with Crippen molar-refractivity contribution in [2.75, 3.05) is 43.4 Å². The Morgan fingerprint density at radius 2 is 1.44 bits per heavy atom. The Morgan fingerprint density at radius 1 is 0.880 bits per heavy atom. The number of aliphatic hydroxyl groups is 1. The zero-order valence-electron chi connectivity index (χ0n) is 13.9. The second kappa shape index (κ2) is 8.65. The lowest BCUT2D eigenvalue weighted by Crippen LogP contribution is -2.48. The van der Waals surface area contributed by atoms with Gasteiger partial charge in [-0.15, -0.1) is 11.8 Å². The van der Waals surface area contributed by atoms with Crippen molar-refractivity contribution in [2.45, 2.75) is 11.0 Å². The molecule has 3 nitrogen and oxygen atoms in total. The maximum Gasteiger partial charge on any atom is 0.123 e. The third kappa shape index (κ3) is 5.42. The fourth-order valence-corrected chi connectivity index (χ4v) is 3.73. The van der Waals surface area contributed by atoms with E-state index in [2.05, 4.69) is 9.80 Å². The first-order chi connectivity index (χ1) is 12.1. The second-order valence-corrected chi connectivity index (χ2v) is 7.28. The van der Waals surface area contributed by atoms with E-state index in [1.165, 1.54) is 36.0 Å². The summed E-state index contributed by atoms with van der Waals surface area (Å²) in [5.41, 5.74) is 1.04. The monoisotopic (exact) mass is 364 g/mol. The van der Waals surface area contributed by atoms with Gasteiger partial charge in [-0.25, -0.2) is 8.78 Å². The number of nitrogens with zero attached hydrogens (tertiary/aromatic N) is 2. The highest BCUT2D eigenvalue weighted by atomic mass is 32.2. The lowest BCUT2D eigenvalue weighted by atomic mass is 10.2. The summed E-state index contributed by atoms with van der Waals surface area (Å²) in [5.74, 6) is 0.122. The highest BCUT2D eigenvalue weighted by Gasteiger charge is 2.19. The van der Waals surface area contributed by atoms with Gasteiger partial charge in [0.2, 0.25) is 0 Å². The molecule has 0 spiro atoms. The van der Waals surface area contributed by atoms with Crippen LogP contribution in [-0.2, 0) is 0 Å². The normalized spacial score (nSPS) is 16.8. The van der Waals surface area contributed by atoms with Crippen LogP contribution in [0.3, 0.4) is 0 Å². The average molecular weight is 364 g/mol. The molecule has 0 amide bonds. The highest BCUT2D eigenvalue weighted by molar-refractivity contribution is 7.99. The summed E-state index contributed by atoms with van der Waals surface area (Å²) >= 11 is 1.54. The summed E-state index contributed by atoms with van der Waals surface area (Å²) in [5, 5.41) is 10.2. The van der Waals surface area contributed by atoms with Crippen LogP contribution in [0.25, 0.3) is 0 Å². The predicted molar refractivity (Wildman–Crippen MR) is 98.2 cm³/mol. The van der Waals surface area contributed by atoms with Gasteiger partial charge < -0.3 is 10.0 Å². The van der Waals surface area contributed by atoms with Crippen molar-refractivity contribution in [3.8, 4) is 0 Å². The number of rotatable bonds is 6. The molecule has 0 radical (unpaired) electrons. The van der Waals surface area contributed by atoms with Crippen LogP contribution in [0.1, 0.15) is 0 Å². The summed E-state index contributed by atoms with van der Waals surface area (Å²) in [6.07, 6.45) is -0.424. The van der Waals surface area contributed by atoms with Crippen molar-refractivity contribution >= 4 is 17.4 Å². The molecule has 0 aliphatic carbocycles. The average Bonchev–Trinajstić information content (AvgIpc) is 2.63. The molecule has 1 heterocycles. The molecular formula is C19H22F2N2OS. The maximum atomic E-state index is 13.0. The van der Waals surface area contributed by atoms with Crippen molar-refractivity contribution in [3.05, 3.63) is 60.2 Å². The van der Waals surface area contributed by atoms with Gasteiger partial charge in [-0.1, -0.05) is 0 Å². The number of aliphatic hydroxyl groups excluding tert-OH is 1. The van der Waals surface area contributed by atoms with E-state index in [9.17, 15) is 13.9 Å². The molecule has 1 fully saturated rings. The Labute approximate surface area is 151 Å². The number of hydrogen-bond acceptors (Lipinski definition) is 4. The Morgan fingerprint density at radius 3 is 2.04 bits per heavy atom. The number of anilines is 1. The van der Waals surface area contributed by atoms with Crippen molar-refractivity contribution in [1.29, 1.82) is 0 Å². The van der Waals surface area contributed by atoms with Crippen LogP contribution in [0.2, 0.25) is 0 Å². The van der Waals surface area contributed by atoms with Gasteiger partial charge in [-0.2, -0.15) is 0 Å². The van der Waals surface area contributed by atoms with Gasteiger partial charge in [-0.05, 0) is 48.5 Å². The van der Waals surface area contributed by atoms with Crippen LogP contribution in [-0.4, -0.2) is 54.6 Å². The third-order valence-corrected chi connectivity index (χ3v) is 5.45. The van der Waals surface area contributed by atoms with Gasteiger partial charge >= 0.3 is 0 Å². The zero-order valence-corrected chi connectivity index (χ0v) is 14.8. The zero-order chi connectivity index (χ0) is 17.6. The van der Waals surface area contributed by atoms with Gasteiger partial charge in [0.1, 0.15) is 11.6 Å². The van der Waals surface area contributed by atoms with Crippen LogP contribution in [0.15, 0.2) is 53.4 Å². The highest BCUT2D eigenvalue weighted by Crippen LogP contribution is 2.20. The molecule has 1 atom stereocenters. The molecule has 1 N–H and O–H groups in total. The lowest BCUT2D eigenvalue weighted by molar-refractivity contribution is 0.126. The van der Waals surface area contributed by atoms with E-state index in [1.54, 1.807) is 24.3 Å². The molecule has 25 heavy (non-hydrogen) atoms. The quantitative estimate of drug-likeness (QED) is 0.796. The summed E-state index contributed by atoms with van der Waals surface area (Å²) in [7, 11) is 0.